The van der Waals surface area contributed by atoms with Crippen LogP contribution in [0, 0.1) is 0 Å². The SMILES string of the molecule is CCNC(C)CCCCN(C)CC1CCCN1C. The highest BCUT2D eigenvalue weighted by atomic mass is 15.2. The van der Waals surface area contributed by atoms with E-state index in [2.05, 4.69) is 43.1 Å². The predicted octanol–water partition coefficient (Wildman–Crippen LogP) is 2.18. The third-order valence-corrected chi connectivity index (χ3v) is 4.17. The van der Waals surface area contributed by atoms with E-state index in [0.29, 0.717) is 6.04 Å². The van der Waals surface area contributed by atoms with Gasteiger partial charge in [0.1, 0.15) is 0 Å². The Hall–Kier alpha value is -0.120. The lowest BCUT2D eigenvalue weighted by Crippen LogP contribution is -2.37. The number of hydrogen-bond donors (Lipinski definition) is 1. The van der Waals surface area contributed by atoms with Crippen LogP contribution in [0.5, 0.6) is 0 Å². The van der Waals surface area contributed by atoms with Gasteiger partial charge in [-0.3, -0.25) is 0 Å². The molecule has 3 nitrogen and oxygen atoms in total. The standard InChI is InChI=1S/C15H33N3/c1-5-16-14(2)9-6-7-11-17(3)13-15-10-8-12-18(15)4/h14-16H,5-13H2,1-4H3. The number of rotatable bonds is 9. The van der Waals surface area contributed by atoms with Crippen molar-refractivity contribution >= 4 is 0 Å². The van der Waals surface area contributed by atoms with Crippen molar-refractivity contribution in [2.75, 3.05) is 40.3 Å². The first-order chi connectivity index (χ1) is 8.63. The molecule has 0 aromatic heterocycles. The van der Waals surface area contributed by atoms with Crippen LogP contribution in [0.25, 0.3) is 0 Å². The highest BCUT2D eigenvalue weighted by Gasteiger charge is 2.21. The van der Waals surface area contributed by atoms with Gasteiger partial charge in [-0.15, -0.1) is 0 Å². The highest BCUT2D eigenvalue weighted by molar-refractivity contribution is 4.78. The maximum Gasteiger partial charge on any atom is 0.0220 e. The number of likely N-dealkylation sites (tertiary alicyclic amines) is 1. The maximum absolute atomic E-state index is 3.48. The van der Waals surface area contributed by atoms with Gasteiger partial charge in [0.05, 0.1) is 0 Å². The predicted molar refractivity (Wildman–Crippen MR) is 80.1 cm³/mol. The lowest BCUT2D eigenvalue weighted by molar-refractivity contribution is 0.217. The smallest absolute Gasteiger partial charge is 0.0220 e. The average molecular weight is 255 g/mol. The van der Waals surface area contributed by atoms with Crippen molar-refractivity contribution in [3.8, 4) is 0 Å². The summed E-state index contributed by atoms with van der Waals surface area (Å²) in [6.07, 6.45) is 6.76. The summed E-state index contributed by atoms with van der Waals surface area (Å²) in [5, 5.41) is 3.48. The summed E-state index contributed by atoms with van der Waals surface area (Å²) in [6.45, 7) is 9.36. The van der Waals surface area contributed by atoms with Gasteiger partial charge in [0, 0.05) is 18.6 Å². The Kier molecular flexibility index (Phi) is 7.87. The van der Waals surface area contributed by atoms with Gasteiger partial charge in [-0.1, -0.05) is 13.3 Å². The molecule has 1 rings (SSSR count). The molecule has 18 heavy (non-hydrogen) atoms. The zero-order valence-corrected chi connectivity index (χ0v) is 12.9. The molecule has 1 aliphatic rings. The van der Waals surface area contributed by atoms with Crippen LogP contribution >= 0.6 is 0 Å². The lowest BCUT2D eigenvalue weighted by atomic mass is 10.1. The fraction of sp³-hybridized carbons (Fsp3) is 1.00. The first-order valence-corrected chi connectivity index (χ1v) is 7.75. The van der Waals surface area contributed by atoms with Gasteiger partial charge in [-0.25, -0.2) is 0 Å². The first-order valence-electron chi connectivity index (χ1n) is 7.75. The second-order valence-electron chi connectivity index (χ2n) is 5.99. The molecule has 1 fully saturated rings. The maximum atomic E-state index is 3.48. The van der Waals surface area contributed by atoms with Crippen molar-refractivity contribution in [3.05, 3.63) is 0 Å². The first kappa shape index (κ1) is 15.9. The molecule has 1 aliphatic heterocycles. The van der Waals surface area contributed by atoms with E-state index < -0.39 is 0 Å². The molecule has 0 radical (unpaired) electrons. The van der Waals surface area contributed by atoms with Crippen LogP contribution in [0.1, 0.15) is 46.0 Å². The summed E-state index contributed by atoms with van der Waals surface area (Å²) in [5.74, 6) is 0. The molecule has 0 spiro atoms. The Bertz CT molecular complexity index is 208. The number of likely N-dealkylation sites (N-methyl/N-ethyl adjacent to an activating group) is 2. The van der Waals surface area contributed by atoms with E-state index in [9.17, 15) is 0 Å². The number of unbranched alkanes of at least 4 members (excludes halogenated alkanes) is 1. The third kappa shape index (κ3) is 6.17. The molecule has 1 saturated heterocycles. The van der Waals surface area contributed by atoms with Gasteiger partial charge in [0.15, 0.2) is 0 Å². The van der Waals surface area contributed by atoms with Crippen molar-refractivity contribution in [3.63, 3.8) is 0 Å². The fourth-order valence-electron chi connectivity index (χ4n) is 2.94. The largest absolute Gasteiger partial charge is 0.315 e. The lowest BCUT2D eigenvalue weighted by Gasteiger charge is -2.25. The minimum absolute atomic E-state index is 0.682. The van der Waals surface area contributed by atoms with E-state index in [-0.39, 0.29) is 0 Å². The van der Waals surface area contributed by atoms with Crippen LogP contribution in [0.15, 0.2) is 0 Å². The van der Waals surface area contributed by atoms with E-state index in [1.807, 2.05) is 0 Å². The van der Waals surface area contributed by atoms with Crippen LogP contribution in [0.4, 0.5) is 0 Å². The molecule has 0 aromatic carbocycles. The second kappa shape index (κ2) is 8.89. The minimum atomic E-state index is 0.682. The fourth-order valence-corrected chi connectivity index (χ4v) is 2.94. The van der Waals surface area contributed by atoms with Gasteiger partial charge < -0.3 is 15.1 Å². The number of nitrogens with one attached hydrogen (secondary N) is 1. The Balaban J connectivity index is 2.01. The summed E-state index contributed by atoms with van der Waals surface area (Å²) in [4.78, 5) is 5.04. The molecular formula is C15H33N3. The van der Waals surface area contributed by atoms with E-state index in [1.54, 1.807) is 0 Å². The van der Waals surface area contributed by atoms with Crippen molar-refractivity contribution in [2.45, 2.75) is 58.0 Å². The highest BCUT2D eigenvalue weighted by Crippen LogP contribution is 2.15. The Morgan fingerprint density at radius 2 is 2.17 bits per heavy atom. The minimum Gasteiger partial charge on any atom is -0.315 e. The average Bonchev–Trinajstić information content (AvgIpc) is 2.71. The molecule has 1 heterocycles. The molecular weight excluding hydrogens is 222 g/mol. The van der Waals surface area contributed by atoms with Crippen molar-refractivity contribution in [1.29, 1.82) is 0 Å². The number of hydrogen-bond acceptors (Lipinski definition) is 3. The third-order valence-electron chi connectivity index (χ3n) is 4.17. The van der Waals surface area contributed by atoms with Gasteiger partial charge in [0.2, 0.25) is 0 Å². The topological polar surface area (TPSA) is 18.5 Å². The monoisotopic (exact) mass is 255 g/mol. The van der Waals surface area contributed by atoms with E-state index in [0.717, 1.165) is 12.6 Å². The van der Waals surface area contributed by atoms with Crippen molar-refractivity contribution in [2.24, 2.45) is 0 Å². The summed E-state index contributed by atoms with van der Waals surface area (Å²) in [6, 6.07) is 1.48. The van der Waals surface area contributed by atoms with Gasteiger partial charge in [0.25, 0.3) is 0 Å². The molecule has 0 bridgehead atoms. The second-order valence-corrected chi connectivity index (χ2v) is 5.99. The Morgan fingerprint density at radius 1 is 1.39 bits per heavy atom. The van der Waals surface area contributed by atoms with Crippen LogP contribution < -0.4 is 5.32 Å². The molecule has 1 N–H and O–H groups in total. The van der Waals surface area contributed by atoms with Crippen LogP contribution in [0.2, 0.25) is 0 Å². The summed E-state index contributed by atoms with van der Waals surface area (Å²) in [7, 11) is 4.55. The van der Waals surface area contributed by atoms with E-state index >= 15 is 0 Å². The Labute approximate surface area is 114 Å². The quantitative estimate of drug-likeness (QED) is 0.637. The summed E-state index contributed by atoms with van der Waals surface area (Å²) >= 11 is 0. The van der Waals surface area contributed by atoms with Gasteiger partial charge in [-0.2, -0.15) is 0 Å². The normalized spacial score (nSPS) is 22.8. The van der Waals surface area contributed by atoms with Crippen LogP contribution in [0.3, 0.4) is 0 Å². The molecule has 0 aromatic rings. The van der Waals surface area contributed by atoms with Gasteiger partial charge >= 0.3 is 0 Å². The molecule has 2 unspecified atom stereocenters. The van der Waals surface area contributed by atoms with E-state index in [1.165, 1.54) is 51.7 Å². The Morgan fingerprint density at radius 3 is 2.78 bits per heavy atom. The van der Waals surface area contributed by atoms with Crippen molar-refractivity contribution < 1.29 is 0 Å². The molecule has 0 amide bonds. The molecule has 0 saturated carbocycles. The van der Waals surface area contributed by atoms with E-state index in [4.69, 9.17) is 0 Å². The molecule has 108 valence electrons. The zero-order valence-electron chi connectivity index (χ0n) is 12.9. The molecule has 0 aliphatic carbocycles. The summed E-state index contributed by atoms with van der Waals surface area (Å²) < 4.78 is 0. The van der Waals surface area contributed by atoms with Gasteiger partial charge in [-0.05, 0) is 66.3 Å². The summed E-state index contributed by atoms with van der Waals surface area (Å²) in [5.41, 5.74) is 0. The zero-order chi connectivity index (χ0) is 13.4. The van der Waals surface area contributed by atoms with Crippen LogP contribution in [-0.4, -0.2) is 62.2 Å². The van der Waals surface area contributed by atoms with Crippen LogP contribution in [-0.2, 0) is 0 Å². The van der Waals surface area contributed by atoms with Crippen molar-refractivity contribution in [1.82, 2.24) is 15.1 Å². The molecule has 3 heteroatoms. The number of nitrogens with zero attached hydrogens (tertiary/aromatic N) is 2. The molecule has 2 atom stereocenters.